The van der Waals surface area contributed by atoms with E-state index in [2.05, 4.69) is 10.0 Å². The van der Waals surface area contributed by atoms with E-state index in [4.69, 9.17) is 23.2 Å². The number of hydrogen-bond donors (Lipinski definition) is 2. The van der Waals surface area contributed by atoms with Crippen molar-refractivity contribution in [3.8, 4) is 0 Å². The average molecular weight is 463 g/mol. The zero-order chi connectivity index (χ0) is 21.9. The molecular formula is C21H16Cl2N2O4S. The predicted molar refractivity (Wildman–Crippen MR) is 118 cm³/mol. The Bertz CT molecular complexity index is 1210. The first-order chi connectivity index (χ1) is 14.2. The van der Waals surface area contributed by atoms with Crippen molar-refractivity contribution in [2.24, 2.45) is 0 Å². The first-order valence-corrected chi connectivity index (χ1v) is 10.9. The number of halogens is 2. The van der Waals surface area contributed by atoms with Crippen molar-refractivity contribution in [1.82, 2.24) is 0 Å². The normalized spacial score (nSPS) is 11.0. The molecule has 0 saturated heterocycles. The van der Waals surface area contributed by atoms with E-state index in [-0.39, 0.29) is 22.3 Å². The summed E-state index contributed by atoms with van der Waals surface area (Å²) in [6.07, 6.45) is 0. The highest BCUT2D eigenvalue weighted by molar-refractivity contribution is 7.92. The van der Waals surface area contributed by atoms with E-state index < -0.39 is 10.0 Å². The topological polar surface area (TPSA) is 92.3 Å². The molecule has 1 amide bonds. The minimum atomic E-state index is -3.84. The molecule has 3 aromatic rings. The fourth-order valence-electron chi connectivity index (χ4n) is 2.55. The number of amides is 1. The van der Waals surface area contributed by atoms with Crippen LogP contribution >= 0.6 is 23.2 Å². The van der Waals surface area contributed by atoms with Crippen molar-refractivity contribution in [2.75, 3.05) is 10.0 Å². The molecule has 0 radical (unpaired) electrons. The highest BCUT2D eigenvalue weighted by Gasteiger charge is 2.15. The summed E-state index contributed by atoms with van der Waals surface area (Å²) in [6, 6.07) is 16.3. The number of Topliss-reactive ketones (excluding diaryl/α,β-unsaturated/α-hetero) is 1. The summed E-state index contributed by atoms with van der Waals surface area (Å²) in [4.78, 5) is 23.7. The van der Waals surface area contributed by atoms with Gasteiger partial charge in [0.2, 0.25) is 0 Å². The fraction of sp³-hybridized carbons (Fsp3) is 0.0476. The van der Waals surface area contributed by atoms with Crippen LogP contribution in [0.2, 0.25) is 10.0 Å². The Morgan fingerprint density at radius 2 is 1.33 bits per heavy atom. The van der Waals surface area contributed by atoms with Gasteiger partial charge in [0.05, 0.1) is 14.9 Å². The number of benzene rings is 3. The van der Waals surface area contributed by atoms with Crippen LogP contribution in [0.4, 0.5) is 11.4 Å². The Morgan fingerprint density at radius 1 is 0.767 bits per heavy atom. The number of carbonyl (C=O) groups is 2. The van der Waals surface area contributed by atoms with Crippen molar-refractivity contribution in [2.45, 2.75) is 11.8 Å². The smallest absolute Gasteiger partial charge is 0.261 e. The first-order valence-electron chi connectivity index (χ1n) is 8.66. The van der Waals surface area contributed by atoms with Crippen LogP contribution in [0.25, 0.3) is 0 Å². The molecule has 0 fully saturated rings. The molecule has 9 heteroatoms. The molecule has 0 aliphatic heterocycles. The minimum absolute atomic E-state index is 0.0222. The Labute approximate surface area is 183 Å². The lowest BCUT2D eigenvalue weighted by atomic mass is 10.2. The molecule has 3 rings (SSSR count). The summed E-state index contributed by atoms with van der Waals surface area (Å²) in [7, 11) is -3.84. The van der Waals surface area contributed by atoms with E-state index in [1.54, 1.807) is 12.1 Å². The van der Waals surface area contributed by atoms with Gasteiger partial charge in [-0.15, -0.1) is 0 Å². The molecule has 0 unspecified atom stereocenters. The second-order valence-corrected chi connectivity index (χ2v) is 8.84. The van der Waals surface area contributed by atoms with Gasteiger partial charge in [-0.25, -0.2) is 8.42 Å². The Balaban J connectivity index is 1.70. The summed E-state index contributed by atoms with van der Waals surface area (Å²) in [5.41, 5.74) is 1.52. The monoisotopic (exact) mass is 462 g/mol. The van der Waals surface area contributed by atoms with Crippen LogP contribution in [-0.2, 0) is 10.0 Å². The number of carbonyl (C=O) groups excluding carboxylic acids is 2. The van der Waals surface area contributed by atoms with Gasteiger partial charge in [0, 0.05) is 22.5 Å². The molecule has 0 heterocycles. The number of ketones is 1. The number of sulfonamides is 1. The van der Waals surface area contributed by atoms with Crippen LogP contribution in [0.15, 0.2) is 71.6 Å². The average Bonchev–Trinajstić information content (AvgIpc) is 2.71. The Kier molecular flexibility index (Phi) is 6.45. The third-order valence-corrected chi connectivity index (χ3v) is 6.28. The molecule has 2 N–H and O–H groups in total. The van der Waals surface area contributed by atoms with Crippen molar-refractivity contribution in [3.05, 3.63) is 87.9 Å². The van der Waals surface area contributed by atoms with Crippen molar-refractivity contribution < 1.29 is 18.0 Å². The molecule has 3 aromatic carbocycles. The molecule has 0 bridgehead atoms. The first kappa shape index (κ1) is 21.8. The maximum Gasteiger partial charge on any atom is 0.261 e. The molecule has 0 aliphatic carbocycles. The van der Waals surface area contributed by atoms with Gasteiger partial charge in [0.25, 0.3) is 15.9 Å². The van der Waals surface area contributed by atoms with E-state index in [1.165, 1.54) is 61.5 Å². The van der Waals surface area contributed by atoms with Gasteiger partial charge in [-0.2, -0.15) is 0 Å². The van der Waals surface area contributed by atoms with Crippen molar-refractivity contribution in [1.29, 1.82) is 0 Å². The lowest BCUT2D eigenvalue weighted by Crippen LogP contribution is -2.14. The molecule has 30 heavy (non-hydrogen) atoms. The lowest BCUT2D eigenvalue weighted by molar-refractivity contribution is 0.101. The number of rotatable bonds is 6. The fourth-order valence-corrected chi connectivity index (χ4v) is 3.91. The Hall–Kier alpha value is -2.87. The summed E-state index contributed by atoms with van der Waals surface area (Å²) < 4.78 is 27.4. The zero-order valence-corrected chi connectivity index (χ0v) is 18.0. The number of hydrogen-bond acceptors (Lipinski definition) is 4. The zero-order valence-electron chi connectivity index (χ0n) is 15.6. The number of anilines is 2. The predicted octanol–water partition coefficient (Wildman–Crippen LogP) is 5.25. The largest absolute Gasteiger partial charge is 0.322 e. The van der Waals surface area contributed by atoms with E-state index in [1.807, 2.05) is 0 Å². The molecule has 0 saturated carbocycles. The highest BCUT2D eigenvalue weighted by atomic mass is 35.5. The molecule has 0 atom stereocenters. The van der Waals surface area contributed by atoms with Gasteiger partial charge in [0.1, 0.15) is 0 Å². The van der Waals surface area contributed by atoms with Gasteiger partial charge in [-0.05, 0) is 61.5 Å². The summed E-state index contributed by atoms with van der Waals surface area (Å²) in [6.45, 7) is 1.40. The van der Waals surface area contributed by atoms with E-state index in [0.29, 0.717) is 26.9 Å². The Morgan fingerprint density at radius 3 is 1.90 bits per heavy atom. The number of nitrogens with one attached hydrogen (secondary N) is 2. The second kappa shape index (κ2) is 8.87. The van der Waals surface area contributed by atoms with Gasteiger partial charge < -0.3 is 5.32 Å². The van der Waals surface area contributed by atoms with Crippen LogP contribution in [0.3, 0.4) is 0 Å². The highest BCUT2D eigenvalue weighted by Crippen LogP contribution is 2.25. The quantitative estimate of drug-likeness (QED) is 0.489. The van der Waals surface area contributed by atoms with Crippen molar-refractivity contribution in [3.63, 3.8) is 0 Å². The van der Waals surface area contributed by atoms with Crippen molar-refractivity contribution >= 4 is 56.3 Å². The molecular weight excluding hydrogens is 447 g/mol. The third kappa shape index (κ3) is 5.18. The molecule has 0 aromatic heterocycles. The summed E-state index contributed by atoms with van der Waals surface area (Å²) in [5.74, 6) is -0.538. The minimum Gasteiger partial charge on any atom is -0.322 e. The van der Waals surface area contributed by atoms with Gasteiger partial charge >= 0.3 is 0 Å². The van der Waals surface area contributed by atoms with Crippen LogP contribution in [0.5, 0.6) is 0 Å². The summed E-state index contributed by atoms with van der Waals surface area (Å²) in [5, 5.41) is 3.38. The SMILES string of the molecule is CC(=O)c1ccc(S(=O)(=O)Nc2ccc(C(=O)Nc3ccc(Cl)c(Cl)c3)cc2)cc1. The van der Waals surface area contributed by atoms with Crippen LogP contribution in [0.1, 0.15) is 27.6 Å². The molecule has 6 nitrogen and oxygen atoms in total. The van der Waals surface area contributed by atoms with Gasteiger partial charge in [0.15, 0.2) is 5.78 Å². The standard InChI is InChI=1S/C21H16Cl2N2O4S/c1-13(26)14-4-9-18(10-5-14)30(28,29)25-16-6-2-15(3-7-16)21(27)24-17-8-11-19(22)20(23)12-17/h2-12,25H,1H3,(H,24,27). The second-order valence-electron chi connectivity index (χ2n) is 6.35. The van der Waals surface area contributed by atoms with Crippen LogP contribution in [-0.4, -0.2) is 20.1 Å². The summed E-state index contributed by atoms with van der Waals surface area (Å²) >= 11 is 11.8. The van der Waals surface area contributed by atoms with Gasteiger partial charge in [-0.3, -0.25) is 14.3 Å². The molecule has 154 valence electrons. The van der Waals surface area contributed by atoms with E-state index in [9.17, 15) is 18.0 Å². The molecule has 0 aliphatic rings. The lowest BCUT2D eigenvalue weighted by Gasteiger charge is -2.10. The van der Waals surface area contributed by atoms with Gasteiger partial charge in [-0.1, -0.05) is 35.3 Å². The van der Waals surface area contributed by atoms with E-state index >= 15 is 0 Å². The van der Waals surface area contributed by atoms with Crippen LogP contribution < -0.4 is 10.0 Å². The molecule has 0 spiro atoms. The van der Waals surface area contributed by atoms with E-state index in [0.717, 1.165) is 0 Å². The van der Waals surface area contributed by atoms with Crippen LogP contribution in [0, 0.1) is 0 Å². The maximum atomic E-state index is 12.5. The maximum absolute atomic E-state index is 12.5. The third-order valence-electron chi connectivity index (χ3n) is 4.15.